The molecule has 0 radical (unpaired) electrons. The van der Waals surface area contributed by atoms with E-state index in [0.717, 1.165) is 32.0 Å². The van der Waals surface area contributed by atoms with Crippen LogP contribution in [0.25, 0.3) is 0 Å². The molecule has 0 bridgehead atoms. The summed E-state index contributed by atoms with van der Waals surface area (Å²) in [6.07, 6.45) is 7.68. The van der Waals surface area contributed by atoms with Gasteiger partial charge in [0.1, 0.15) is 6.20 Å². The Kier molecular flexibility index (Phi) is 3.61. The van der Waals surface area contributed by atoms with Crippen molar-refractivity contribution in [1.29, 1.82) is 0 Å². The molecule has 1 N–H and O–H groups in total. The standard InChI is InChI=1S/C11H15N5.ClH/c1-14-4-6-15(7-5-14)11-10-8-12-2-3-16(10)9-13-11;/h2-3,8-9H,4-7H2,1H3;1H. The Hall–Kier alpha value is -1.17. The molecule has 6 heteroatoms. The number of nitrogens with zero attached hydrogens (tertiary/aromatic N) is 4. The van der Waals surface area contributed by atoms with Crippen molar-refractivity contribution in [3.05, 3.63) is 23.9 Å². The van der Waals surface area contributed by atoms with Gasteiger partial charge in [0.05, 0.1) is 12.4 Å². The maximum atomic E-state index is 4.51. The molecule has 0 aromatic carbocycles. The topological polar surface area (TPSA) is 35.6 Å². The maximum absolute atomic E-state index is 4.51. The highest BCUT2D eigenvalue weighted by Crippen LogP contribution is 2.13. The highest BCUT2D eigenvalue weighted by atomic mass is 35.5. The summed E-state index contributed by atoms with van der Waals surface area (Å²) in [7, 11) is 2.16. The van der Waals surface area contributed by atoms with Gasteiger partial charge in [0.25, 0.3) is 0 Å². The van der Waals surface area contributed by atoms with Crippen LogP contribution >= 0.6 is 0 Å². The predicted molar refractivity (Wildman–Crippen MR) is 63.2 cm³/mol. The minimum absolute atomic E-state index is 0. The Bertz CT molecular complexity index is 404. The summed E-state index contributed by atoms with van der Waals surface area (Å²) < 4.78 is 0. The molecule has 5 nitrogen and oxygen atoms in total. The molecular formula is C11H16ClN5. The number of quaternary nitrogens is 1. The van der Waals surface area contributed by atoms with Crippen LogP contribution in [-0.4, -0.2) is 55.6 Å². The zero-order valence-corrected chi connectivity index (χ0v) is 10.6. The lowest BCUT2D eigenvalue weighted by Gasteiger charge is -2.33. The SMILES string of the molecule is CN1CCN(C2=C3C=NC=C[NH+]3C=N2)CC1.[Cl-]. The van der Waals surface area contributed by atoms with Gasteiger partial charge in [-0.05, 0) is 7.05 Å². The van der Waals surface area contributed by atoms with E-state index in [-0.39, 0.29) is 12.4 Å². The number of fused-ring (bicyclic) bond motifs is 1. The van der Waals surface area contributed by atoms with Crippen molar-refractivity contribution in [2.45, 2.75) is 0 Å². The summed E-state index contributed by atoms with van der Waals surface area (Å²) in [5.74, 6) is 1.09. The van der Waals surface area contributed by atoms with Gasteiger partial charge in [-0.2, -0.15) is 4.99 Å². The number of piperazine rings is 1. The molecule has 3 rings (SSSR count). The van der Waals surface area contributed by atoms with Crippen LogP contribution in [0.15, 0.2) is 33.9 Å². The fourth-order valence-corrected chi connectivity index (χ4v) is 2.18. The average Bonchev–Trinajstić information content (AvgIpc) is 2.74. The molecule has 0 saturated carbocycles. The molecule has 0 spiro atoms. The minimum Gasteiger partial charge on any atom is -1.00 e. The first-order chi connectivity index (χ1) is 7.84. The van der Waals surface area contributed by atoms with Crippen LogP contribution in [-0.2, 0) is 0 Å². The second-order valence-corrected chi connectivity index (χ2v) is 4.34. The number of nitrogens with one attached hydrogen (secondary N) is 1. The van der Waals surface area contributed by atoms with E-state index in [4.69, 9.17) is 0 Å². The molecular weight excluding hydrogens is 238 g/mol. The van der Waals surface area contributed by atoms with Crippen LogP contribution in [0.1, 0.15) is 0 Å². The van der Waals surface area contributed by atoms with Crippen LogP contribution in [0.4, 0.5) is 0 Å². The van der Waals surface area contributed by atoms with Gasteiger partial charge >= 0.3 is 0 Å². The number of halogens is 1. The highest BCUT2D eigenvalue weighted by Gasteiger charge is 2.28. The number of aliphatic imine (C=N–C) groups is 2. The zero-order chi connectivity index (χ0) is 11.0. The number of allylic oxidation sites excluding steroid dienone is 1. The number of likely N-dealkylation sites (N-methyl/N-ethyl adjacent to an activating group) is 1. The molecule has 1 saturated heterocycles. The third-order valence-electron chi connectivity index (χ3n) is 3.22. The summed E-state index contributed by atoms with van der Waals surface area (Å²) in [6.45, 7) is 4.32. The van der Waals surface area contributed by atoms with Crippen LogP contribution in [0.3, 0.4) is 0 Å². The number of rotatable bonds is 1. The highest BCUT2D eigenvalue weighted by molar-refractivity contribution is 5.81. The summed E-state index contributed by atoms with van der Waals surface area (Å²) in [6, 6.07) is 0. The number of hydrogen-bond donors (Lipinski definition) is 1. The second-order valence-electron chi connectivity index (χ2n) is 4.34. The van der Waals surface area contributed by atoms with Gasteiger partial charge in [-0.25, -0.2) is 4.90 Å². The fraction of sp³-hybridized carbons (Fsp3) is 0.455. The molecule has 3 heterocycles. The summed E-state index contributed by atoms with van der Waals surface area (Å²) in [5.41, 5.74) is 1.17. The lowest BCUT2D eigenvalue weighted by molar-refractivity contribution is -0.682. The lowest BCUT2D eigenvalue weighted by atomic mass is 10.3. The van der Waals surface area contributed by atoms with Crippen LogP contribution < -0.4 is 17.3 Å². The van der Waals surface area contributed by atoms with Crippen LogP contribution in [0.5, 0.6) is 0 Å². The Labute approximate surface area is 107 Å². The van der Waals surface area contributed by atoms with Crippen molar-refractivity contribution in [2.75, 3.05) is 33.2 Å². The molecule has 0 aromatic rings. The molecule has 92 valence electrons. The van der Waals surface area contributed by atoms with E-state index in [1.165, 1.54) is 10.6 Å². The first-order valence-corrected chi connectivity index (χ1v) is 5.63. The first-order valence-electron chi connectivity index (χ1n) is 5.63. The number of hydrogen-bond acceptors (Lipinski definition) is 4. The van der Waals surface area contributed by atoms with Crippen molar-refractivity contribution in [3.8, 4) is 0 Å². The molecule has 1 fully saturated rings. The lowest BCUT2D eigenvalue weighted by Crippen LogP contribution is -3.04. The third-order valence-corrected chi connectivity index (χ3v) is 3.22. The molecule has 3 aliphatic heterocycles. The monoisotopic (exact) mass is 253 g/mol. The molecule has 0 amide bonds. The van der Waals surface area contributed by atoms with E-state index >= 15 is 0 Å². The second kappa shape index (κ2) is 5.00. The van der Waals surface area contributed by atoms with Gasteiger partial charge in [0.15, 0.2) is 5.82 Å². The molecule has 17 heavy (non-hydrogen) atoms. The van der Waals surface area contributed by atoms with Crippen molar-refractivity contribution in [1.82, 2.24) is 9.80 Å². The Morgan fingerprint density at radius 3 is 2.76 bits per heavy atom. The van der Waals surface area contributed by atoms with Gasteiger partial charge in [0, 0.05) is 26.2 Å². The van der Waals surface area contributed by atoms with Gasteiger partial charge < -0.3 is 22.2 Å². The maximum Gasteiger partial charge on any atom is 0.203 e. The van der Waals surface area contributed by atoms with E-state index in [9.17, 15) is 0 Å². The Balaban J connectivity index is 0.00000108. The minimum atomic E-state index is 0. The predicted octanol–water partition coefficient (Wildman–Crippen LogP) is -4.11. The quantitative estimate of drug-likeness (QED) is 0.516. The smallest absolute Gasteiger partial charge is 0.203 e. The molecule has 0 aromatic heterocycles. The summed E-state index contributed by atoms with van der Waals surface area (Å²) >= 11 is 0. The Morgan fingerprint density at radius 1 is 1.24 bits per heavy atom. The first kappa shape index (κ1) is 12.3. The normalized spacial score (nSPS) is 27.4. The summed E-state index contributed by atoms with van der Waals surface area (Å²) in [4.78, 5) is 14.6. The third kappa shape index (κ3) is 2.26. The van der Waals surface area contributed by atoms with Crippen molar-refractivity contribution < 1.29 is 17.3 Å². The van der Waals surface area contributed by atoms with Crippen molar-refractivity contribution in [2.24, 2.45) is 9.98 Å². The largest absolute Gasteiger partial charge is 1.00 e. The molecule has 3 aliphatic rings. The van der Waals surface area contributed by atoms with E-state index < -0.39 is 0 Å². The van der Waals surface area contributed by atoms with Crippen LogP contribution in [0.2, 0.25) is 0 Å². The van der Waals surface area contributed by atoms with E-state index in [2.05, 4.69) is 26.8 Å². The summed E-state index contributed by atoms with van der Waals surface area (Å²) in [5, 5.41) is 0. The Morgan fingerprint density at radius 2 is 2.00 bits per heavy atom. The van der Waals surface area contributed by atoms with Gasteiger partial charge in [-0.1, -0.05) is 0 Å². The van der Waals surface area contributed by atoms with E-state index in [1.54, 1.807) is 0 Å². The van der Waals surface area contributed by atoms with Crippen LogP contribution in [0, 0.1) is 0 Å². The molecule has 1 atom stereocenters. The van der Waals surface area contributed by atoms with E-state index in [0.29, 0.717) is 0 Å². The molecule has 0 aliphatic carbocycles. The van der Waals surface area contributed by atoms with Gasteiger partial charge in [-0.15, -0.1) is 0 Å². The van der Waals surface area contributed by atoms with Gasteiger partial charge in [-0.3, -0.25) is 4.99 Å². The van der Waals surface area contributed by atoms with Crippen molar-refractivity contribution >= 4 is 12.6 Å². The zero-order valence-electron chi connectivity index (χ0n) is 9.80. The average molecular weight is 254 g/mol. The van der Waals surface area contributed by atoms with E-state index in [1.807, 2.05) is 25.0 Å². The van der Waals surface area contributed by atoms with Gasteiger partial charge in [0.2, 0.25) is 12.0 Å². The fourth-order valence-electron chi connectivity index (χ4n) is 2.18. The van der Waals surface area contributed by atoms with Crippen molar-refractivity contribution in [3.63, 3.8) is 0 Å². The molecule has 1 unspecified atom stereocenters.